The Morgan fingerprint density at radius 3 is 1.84 bits per heavy atom. The van der Waals surface area contributed by atoms with Gasteiger partial charge in [-0.1, -0.05) is 126 Å². The quantitative estimate of drug-likeness (QED) is 0.0478. The Bertz CT molecular complexity index is 855. The van der Waals surface area contributed by atoms with Gasteiger partial charge in [0.1, 0.15) is 12.6 Å². The normalized spacial score (nSPS) is 12.8. The minimum absolute atomic E-state index is 0.136. The van der Waals surface area contributed by atoms with E-state index < -0.39 is 5.97 Å². The first kappa shape index (κ1) is 41.1. The first-order chi connectivity index (χ1) is 21.5. The van der Waals surface area contributed by atoms with Crippen molar-refractivity contribution in [3.05, 3.63) is 60.8 Å². The Hall–Kier alpha value is -2.89. The maximum atomic E-state index is 12.6. The summed E-state index contributed by atoms with van der Waals surface area (Å²) >= 11 is 0. The molecule has 0 saturated heterocycles. The van der Waals surface area contributed by atoms with Gasteiger partial charge in [0.05, 0.1) is 0 Å². The first-order valence-electron chi connectivity index (χ1n) is 17.4. The number of aliphatic carboxylic acids is 1. The van der Waals surface area contributed by atoms with Crippen LogP contribution in [0.3, 0.4) is 0 Å². The van der Waals surface area contributed by atoms with Crippen molar-refractivity contribution in [3.8, 4) is 0 Å². The molecule has 1 amide bonds. The molecule has 0 fully saturated rings. The highest BCUT2D eigenvalue weighted by Gasteiger charge is 2.11. The number of nitrogens with one attached hydrogen (secondary N) is 1. The number of amides is 1. The van der Waals surface area contributed by atoms with E-state index in [1.54, 1.807) is 0 Å². The number of hydrogen-bond donors (Lipinski definition) is 2. The lowest BCUT2D eigenvalue weighted by atomic mass is 10.0. The van der Waals surface area contributed by atoms with Crippen LogP contribution < -0.4 is 5.32 Å². The molecule has 0 aliphatic rings. The van der Waals surface area contributed by atoms with Crippen molar-refractivity contribution < 1.29 is 24.2 Å². The van der Waals surface area contributed by atoms with Crippen molar-refractivity contribution in [2.75, 3.05) is 6.54 Å². The van der Waals surface area contributed by atoms with E-state index in [1.165, 1.54) is 38.5 Å². The van der Waals surface area contributed by atoms with Crippen LogP contribution >= 0.6 is 0 Å². The fourth-order valence-corrected chi connectivity index (χ4v) is 4.61. The molecule has 0 heterocycles. The SMILES string of the molecule is CC/C=C\C/C=C\C/C=C\C/C=C\CCC(=O)OC(/C=C\CCCCCCCC)CCCCCCCCC(=O)NCC(=O)O. The fourth-order valence-electron chi connectivity index (χ4n) is 4.61. The third-order valence-corrected chi connectivity index (χ3v) is 7.17. The van der Waals surface area contributed by atoms with Gasteiger partial charge in [-0.2, -0.15) is 0 Å². The van der Waals surface area contributed by atoms with Gasteiger partial charge in [-0.15, -0.1) is 0 Å². The third-order valence-electron chi connectivity index (χ3n) is 7.17. The topological polar surface area (TPSA) is 92.7 Å². The Labute approximate surface area is 269 Å². The molecule has 0 aliphatic heterocycles. The fraction of sp³-hybridized carbons (Fsp3) is 0.658. The van der Waals surface area contributed by atoms with Crippen molar-refractivity contribution in [2.45, 2.75) is 155 Å². The number of carbonyl (C=O) groups is 3. The lowest BCUT2D eigenvalue weighted by Gasteiger charge is -2.14. The molecule has 1 unspecified atom stereocenters. The lowest BCUT2D eigenvalue weighted by Crippen LogP contribution is -2.28. The number of rotatable bonds is 30. The summed E-state index contributed by atoms with van der Waals surface area (Å²) in [4.78, 5) is 34.6. The second kappa shape index (κ2) is 33.0. The third kappa shape index (κ3) is 32.0. The second-order valence-electron chi connectivity index (χ2n) is 11.4. The van der Waals surface area contributed by atoms with E-state index in [0.717, 1.165) is 77.0 Å². The first-order valence-corrected chi connectivity index (χ1v) is 17.4. The van der Waals surface area contributed by atoms with E-state index in [4.69, 9.17) is 9.84 Å². The molecule has 6 nitrogen and oxygen atoms in total. The molecule has 0 rings (SSSR count). The van der Waals surface area contributed by atoms with Gasteiger partial charge in [0.15, 0.2) is 0 Å². The molecule has 6 heteroatoms. The van der Waals surface area contributed by atoms with Gasteiger partial charge in [-0.3, -0.25) is 14.4 Å². The zero-order chi connectivity index (χ0) is 32.4. The minimum Gasteiger partial charge on any atom is -0.480 e. The summed E-state index contributed by atoms with van der Waals surface area (Å²) in [6, 6.07) is 0. The molecule has 0 aromatic rings. The Morgan fingerprint density at radius 1 is 0.636 bits per heavy atom. The highest BCUT2D eigenvalue weighted by atomic mass is 16.5. The molecule has 0 aromatic carbocycles. The smallest absolute Gasteiger partial charge is 0.322 e. The Balaban J connectivity index is 4.33. The predicted molar refractivity (Wildman–Crippen MR) is 185 cm³/mol. The zero-order valence-corrected chi connectivity index (χ0v) is 28.0. The molecule has 0 aromatic heterocycles. The molecule has 0 saturated carbocycles. The van der Waals surface area contributed by atoms with Gasteiger partial charge >= 0.3 is 11.9 Å². The van der Waals surface area contributed by atoms with E-state index in [-0.39, 0.29) is 24.5 Å². The predicted octanol–water partition coefficient (Wildman–Crippen LogP) is 10.1. The number of carboxylic acid groups (broad SMARTS) is 1. The summed E-state index contributed by atoms with van der Waals surface area (Å²) in [6.45, 7) is 4.06. The van der Waals surface area contributed by atoms with Crippen molar-refractivity contribution in [1.29, 1.82) is 0 Å². The van der Waals surface area contributed by atoms with Crippen molar-refractivity contribution in [3.63, 3.8) is 0 Å². The van der Waals surface area contributed by atoms with E-state index in [1.807, 2.05) is 0 Å². The number of esters is 1. The van der Waals surface area contributed by atoms with Crippen LogP contribution in [0.1, 0.15) is 149 Å². The van der Waals surface area contributed by atoms with Crippen LogP contribution in [0.4, 0.5) is 0 Å². The largest absolute Gasteiger partial charge is 0.480 e. The van der Waals surface area contributed by atoms with Gasteiger partial charge in [0.2, 0.25) is 5.91 Å². The van der Waals surface area contributed by atoms with Crippen molar-refractivity contribution in [1.82, 2.24) is 5.32 Å². The molecule has 0 aliphatic carbocycles. The molecular formula is C38H63NO5. The molecule has 0 bridgehead atoms. The van der Waals surface area contributed by atoms with Gasteiger partial charge in [-0.05, 0) is 70.3 Å². The van der Waals surface area contributed by atoms with Gasteiger partial charge in [0, 0.05) is 12.8 Å². The Kier molecular flexibility index (Phi) is 30.8. The summed E-state index contributed by atoms with van der Waals surface area (Å²) in [7, 11) is 0. The number of carboxylic acids is 1. The van der Waals surface area contributed by atoms with Gasteiger partial charge in [-0.25, -0.2) is 0 Å². The van der Waals surface area contributed by atoms with Gasteiger partial charge in [0.25, 0.3) is 0 Å². The highest BCUT2D eigenvalue weighted by Crippen LogP contribution is 2.15. The number of allylic oxidation sites excluding steroid dienone is 9. The summed E-state index contributed by atoms with van der Waals surface area (Å²) in [5, 5.41) is 11.0. The average molecular weight is 614 g/mol. The maximum absolute atomic E-state index is 12.6. The Morgan fingerprint density at radius 2 is 1.20 bits per heavy atom. The molecule has 0 radical (unpaired) electrons. The number of carbonyl (C=O) groups excluding carboxylic acids is 2. The summed E-state index contributed by atoms with van der Waals surface area (Å²) in [5.41, 5.74) is 0. The van der Waals surface area contributed by atoms with Crippen LogP contribution in [0, 0.1) is 0 Å². The highest BCUT2D eigenvalue weighted by molar-refractivity contribution is 5.80. The average Bonchev–Trinajstić information content (AvgIpc) is 3.00. The van der Waals surface area contributed by atoms with Crippen LogP contribution in [0.15, 0.2) is 60.8 Å². The number of hydrogen-bond acceptors (Lipinski definition) is 4. The van der Waals surface area contributed by atoms with E-state index in [9.17, 15) is 14.4 Å². The minimum atomic E-state index is -1.02. The molecular weight excluding hydrogens is 550 g/mol. The lowest BCUT2D eigenvalue weighted by molar-refractivity contribution is -0.147. The molecule has 44 heavy (non-hydrogen) atoms. The zero-order valence-electron chi connectivity index (χ0n) is 28.0. The molecule has 1 atom stereocenters. The van der Waals surface area contributed by atoms with E-state index in [2.05, 4.69) is 79.9 Å². The van der Waals surface area contributed by atoms with Crippen LogP contribution in [0.5, 0.6) is 0 Å². The van der Waals surface area contributed by atoms with Crippen molar-refractivity contribution >= 4 is 17.8 Å². The maximum Gasteiger partial charge on any atom is 0.322 e. The van der Waals surface area contributed by atoms with Crippen LogP contribution in [-0.2, 0) is 19.1 Å². The molecule has 250 valence electrons. The van der Waals surface area contributed by atoms with Gasteiger partial charge < -0.3 is 15.2 Å². The van der Waals surface area contributed by atoms with E-state index >= 15 is 0 Å². The van der Waals surface area contributed by atoms with Crippen LogP contribution in [0.25, 0.3) is 0 Å². The standard InChI is InChI=1S/C38H63NO5/c1-3-5-7-9-11-13-14-15-16-17-19-25-29-33-38(43)44-35(30-26-22-18-12-10-8-6-4-2)31-27-23-20-21-24-28-32-36(40)39-34-37(41)42/h5,7,11,13,15-16,19,25-26,30,35H,3-4,6,8-10,12,14,17-18,20-24,27-29,31-34H2,1-2H3,(H,39,40)(H,41,42)/b7-5-,13-11-,16-15-,25-19-,30-26-. The van der Waals surface area contributed by atoms with Crippen molar-refractivity contribution in [2.24, 2.45) is 0 Å². The van der Waals surface area contributed by atoms with E-state index in [0.29, 0.717) is 19.3 Å². The van der Waals surface area contributed by atoms with Crippen LogP contribution in [0.2, 0.25) is 0 Å². The van der Waals surface area contributed by atoms with Crippen LogP contribution in [-0.4, -0.2) is 35.6 Å². The number of unbranched alkanes of at least 4 members (excludes halogenated alkanes) is 11. The summed E-state index contributed by atoms with van der Waals surface area (Å²) in [5.74, 6) is -1.36. The molecule has 2 N–H and O–H groups in total. The summed E-state index contributed by atoms with van der Waals surface area (Å²) < 4.78 is 5.86. The molecule has 0 spiro atoms. The monoisotopic (exact) mass is 613 g/mol. The second-order valence-corrected chi connectivity index (χ2v) is 11.4. The summed E-state index contributed by atoms with van der Waals surface area (Å²) in [6.07, 6.45) is 42.1. The number of ether oxygens (including phenoxy) is 1.